The number of rotatable bonds is 6. The predicted octanol–water partition coefficient (Wildman–Crippen LogP) is 3.05. The van der Waals surface area contributed by atoms with Crippen LogP contribution in [-0.2, 0) is 19.6 Å². The van der Waals surface area contributed by atoms with Crippen LogP contribution in [0.1, 0.15) is 50.6 Å². The first-order valence-electron chi connectivity index (χ1n) is 12.4. The molecule has 2 aromatic carbocycles. The van der Waals surface area contributed by atoms with E-state index in [9.17, 15) is 18.0 Å². The van der Waals surface area contributed by atoms with E-state index in [2.05, 4.69) is 10.2 Å². The van der Waals surface area contributed by atoms with Crippen LogP contribution in [0.5, 0.6) is 0 Å². The summed E-state index contributed by atoms with van der Waals surface area (Å²) in [6.45, 7) is 3.52. The van der Waals surface area contributed by atoms with Gasteiger partial charge in [-0.15, -0.1) is 0 Å². The third-order valence-electron chi connectivity index (χ3n) is 7.28. The Balaban J connectivity index is 1.46. The SMILES string of the molecule is C[C@@H](NC(=O)CN1C(=O)[C@H]2CCCCN2c2ccc(S(=O)(=O)N3CCCC3)cc21)c1ccccc1. The van der Waals surface area contributed by atoms with E-state index < -0.39 is 10.0 Å². The minimum atomic E-state index is -3.65. The van der Waals surface area contributed by atoms with E-state index in [0.29, 0.717) is 18.8 Å². The van der Waals surface area contributed by atoms with Crippen LogP contribution in [0.3, 0.4) is 0 Å². The molecule has 3 aliphatic heterocycles. The van der Waals surface area contributed by atoms with Gasteiger partial charge in [0.05, 0.1) is 22.3 Å². The number of nitrogens with one attached hydrogen (secondary N) is 1. The van der Waals surface area contributed by atoms with Gasteiger partial charge < -0.3 is 10.2 Å². The minimum Gasteiger partial charge on any atom is -0.358 e. The van der Waals surface area contributed by atoms with Crippen LogP contribution >= 0.6 is 0 Å². The lowest BCUT2D eigenvalue weighted by Crippen LogP contribution is -2.57. The Kier molecular flexibility index (Phi) is 6.55. The van der Waals surface area contributed by atoms with Gasteiger partial charge in [0.1, 0.15) is 12.6 Å². The molecule has 9 heteroatoms. The first-order chi connectivity index (χ1) is 16.9. The van der Waals surface area contributed by atoms with Crippen LogP contribution in [0.25, 0.3) is 0 Å². The fourth-order valence-electron chi connectivity index (χ4n) is 5.39. The molecule has 0 unspecified atom stereocenters. The highest BCUT2D eigenvalue weighted by molar-refractivity contribution is 7.89. The number of sulfonamides is 1. The summed E-state index contributed by atoms with van der Waals surface area (Å²) in [6.07, 6.45) is 4.36. The van der Waals surface area contributed by atoms with Gasteiger partial charge in [-0.1, -0.05) is 30.3 Å². The molecule has 0 aliphatic carbocycles. The number of piperidine rings is 1. The number of carbonyl (C=O) groups is 2. The molecule has 2 fully saturated rings. The maximum atomic E-state index is 13.6. The molecule has 3 heterocycles. The van der Waals surface area contributed by atoms with Crippen molar-refractivity contribution in [3.8, 4) is 0 Å². The lowest BCUT2D eigenvalue weighted by atomic mass is 9.96. The molecule has 3 aliphatic rings. The van der Waals surface area contributed by atoms with Crippen LogP contribution in [0.2, 0.25) is 0 Å². The van der Waals surface area contributed by atoms with Gasteiger partial charge in [-0.05, 0) is 62.8 Å². The molecule has 5 rings (SSSR count). The number of fused-ring (bicyclic) bond motifs is 3. The van der Waals surface area contributed by atoms with Crippen molar-refractivity contribution in [3.63, 3.8) is 0 Å². The van der Waals surface area contributed by atoms with Crippen LogP contribution < -0.4 is 15.1 Å². The summed E-state index contributed by atoms with van der Waals surface area (Å²) in [7, 11) is -3.65. The number of amides is 2. The number of benzene rings is 2. The Morgan fingerprint density at radius 2 is 1.71 bits per heavy atom. The van der Waals surface area contributed by atoms with Crippen LogP contribution in [0.4, 0.5) is 11.4 Å². The largest absolute Gasteiger partial charge is 0.358 e. The number of anilines is 2. The number of nitrogens with zero attached hydrogens (tertiary/aromatic N) is 3. The smallest absolute Gasteiger partial charge is 0.250 e. The quantitative estimate of drug-likeness (QED) is 0.664. The first kappa shape index (κ1) is 23.8. The zero-order valence-corrected chi connectivity index (χ0v) is 20.8. The van der Waals surface area contributed by atoms with Crippen LogP contribution in [0.15, 0.2) is 53.4 Å². The third kappa shape index (κ3) is 4.54. The summed E-state index contributed by atoms with van der Waals surface area (Å²) in [6, 6.07) is 14.1. The van der Waals surface area contributed by atoms with Gasteiger partial charge in [-0.2, -0.15) is 4.31 Å². The Morgan fingerprint density at radius 1 is 1.00 bits per heavy atom. The minimum absolute atomic E-state index is 0.143. The second-order valence-electron chi connectivity index (χ2n) is 9.59. The molecule has 0 radical (unpaired) electrons. The zero-order valence-electron chi connectivity index (χ0n) is 20.0. The second-order valence-corrected chi connectivity index (χ2v) is 11.5. The number of carbonyl (C=O) groups excluding carboxylic acids is 2. The monoisotopic (exact) mass is 496 g/mol. The first-order valence-corrected chi connectivity index (χ1v) is 13.9. The molecular formula is C26H32N4O4S. The molecule has 0 saturated carbocycles. The molecule has 2 saturated heterocycles. The van der Waals surface area contributed by atoms with Crippen LogP contribution in [0, 0.1) is 0 Å². The molecule has 1 N–H and O–H groups in total. The van der Waals surface area contributed by atoms with E-state index in [1.807, 2.05) is 37.3 Å². The van der Waals surface area contributed by atoms with Crippen molar-refractivity contribution in [3.05, 3.63) is 54.1 Å². The summed E-state index contributed by atoms with van der Waals surface area (Å²) < 4.78 is 28.0. The van der Waals surface area contributed by atoms with Gasteiger partial charge in [0.15, 0.2) is 0 Å². The molecule has 2 atom stereocenters. The molecule has 35 heavy (non-hydrogen) atoms. The van der Waals surface area contributed by atoms with E-state index in [1.165, 1.54) is 9.21 Å². The Labute approximate surface area is 206 Å². The fourth-order valence-corrected chi connectivity index (χ4v) is 6.93. The fraction of sp³-hybridized carbons (Fsp3) is 0.462. The Hall–Kier alpha value is -2.91. The molecule has 186 valence electrons. The van der Waals surface area contributed by atoms with Crippen molar-refractivity contribution < 1.29 is 18.0 Å². The molecular weight excluding hydrogens is 464 g/mol. The molecule has 2 amide bonds. The van der Waals surface area contributed by atoms with Crippen molar-refractivity contribution in [2.45, 2.75) is 56.0 Å². The van der Waals surface area contributed by atoms with Crippen molar-refractivity contribution in [2.75, 3.05) is 36.0 Å². The van der Waals surface area contributed by atoms with E-state index in [-0.39, 0.29) is 35.3 Å². The maximum Gasteiger partial charge on any atom is 0.250 e. The number of hydrogen-bond donors (Lipinski definition) is 1. The molecule has 2 aromatic rings. The molecule has 0 spiro atoms. The lowest BCUT2D eigenvalue weighted by Gasteiger charge is -2.45. The second kappa shape index (κ2) is 9.62. The Bertz CT molecular complexity index is 1210. The van der Waals surface area contributed by atoms with Gasteiger partial charge in [-0.3, -0.25) is 14.5 Å². The highest BCUT2D eigenvalue weighted by atomic mass is 32.2. The normalized spacial score (nSPS) is 21.4. The zero-order chi connectivity index (χ0) is 24.6. The van der Waals surface area contributed by atoms with E-state index in [1.54, 1.807) is 18.2 Å². The standard InChI is InChI=1S/C26H32N4O4S/c1-19(20-9-3-2-4-10-20)27-25(31)18-30-24-17-21(35(33,34)28-14-7-8-15-28)12-13-22(24)29-16-6-5-11-23(29)26(30)32/h2-4,9-10,12-13,17,19,23H,5-8,11,14-16,18H2,1H3,(H,27,31)/t19-,23-/m1/s1. The van der Waals surface area contributed by atoms with Crippen LogP contribution in [-0.4, -0.2) is 56.8 Å². The molecule has 8 nitrogen and oxygen atoms in total. The van der Waals surface area contributed by atoms with Gasteiger partial charge in [0.25, 0.3) is 0 Å². The van der Waals surface area contributed by atoms with Gasteiger partial charge in [0, 0.05) is 19.6 Å². The van der Waals surface area contributed by atoms with E-state index in [4.69, 9.17) is 0 Å². The average Bonchev–Trinajstić information content (AvgIpc) is 3.43. The molecule has 0 aromatic heterocycles. The highest BCUT2D eigenvalue weighted by Gasteiger charge is 2.41. The summed E-state index contributed by atoms with van der Waals surface area (Å²) >= 11 is 0. The summed E-state index contributed by atoms with van der Waals surface area (Å²) in [5.74, 6) is -0.423. The van der Waals surface area contributed by atoms with Gasteiger partial charge >= 0.3 is 0 Å². The van der Waals surface area contributed by atoms with Crippen molar-refractivity contribution in [1.82, 2.24) is 9.62 Å². The van der Waals surface area contributed by atoms with Crippen molar-refractivity contribution in [1.29, 1.82) is 0 Å². The Morgan fingerprint density at radius 3 is 2.46 bits per heavy atom. The topological polar surface area (TPSA) is 90.0 Å². The number of hydrogen-bond acceptors (Lipinski definition) is 5. The summed E-state index contributed by atoms with van der Waals surface area (Å²) in [5, 5.41) is 2.98. The van der Waals surface area contributed by atoms with Gasteiger partial charge in [0.2, 0.25) is 21.8 Å². The van der Waals surface area contributed by atoms with Crippen molar-refractivity contribution in [2.24, 2.45) is 0 Å². The maximum absolute atomic E-state index is 13.6. The van der Waals surface area contributed by atoms with Gasteiger partial charge in [-0.25, -0.2) is 8.42 Å². The van der Waals surface area contributed by atoms with E-state index >= 15 is 0 Å². The van der Waals surface area contributed by atoms with E-state index in [0.717, 1.165) is 49.9 Å². The summed E-state index contributed by atoms with van der Waals surface area (Å²) in [4.78, 5) is 30.4. The van der Waals surface area contributed by atoms with Crippen molar-refractivity contribution >= 4 is 33.2 Å². The summed E-state index contributed by atoms with van der Waals surface area (Å²) in [5.41, 5.74) is 2.29. The highest BCUT2D eigenvalue weighted by Crippen LogP contribution is 2.41. The predicted molar refractivity (Wildman–Crippen MR) is 135 cm³/mol. The average molecular weight is 497 g/mol. The third-order valence-corrected chi connectivity index (χ3v) is 9.18. The molecule has 0 bridgehead atoms. The lowest BCUT2D eigenvalue weighted by molar-refractivity contribution is -0.125.